The van der Waals surface area contributed by atoms with Gasteiger partial charge in [-0.15, -0.1) is 0 Å². The molecular weight excluding hydrogens is 382 g/mol. The standard InChI is InChI=1S/C20H16ClN3O4/c1-2-28-20(27)16-15-17(24(22-16)14-6-4-3-5-7-14)19(26)23(18(15)25)13-10-8-12(21)9-11-13/h3-11,15,17H,2H2,1H3/t15-,17+/m0/s1. The van der Waals surface area contributed by atoms with Gasteiger partial charge in [0.15, 0.2) is 5.71 Å². The second kappa shape index (κ2) is 7.09. The van der Waals surface area contributed by atoms with Gasteiger partial charge in [0.2, 0.25) is 5.91 Å². The predicted octanol–water partition coefficient (Wildman–Crippen LogP) is 2.64. The molecule has 0 N–H and O–H groups in total. The predicted molar refractivity (Wildman–Crippen MR) is 104 cm³/mol. The zero-order valence-corrected chi connectivity index (χ0v) is 15.7. The maximum atomic E-state index is 13.2. The van der Waals surface area contributed by atoms with E-state index < -0.39 is 29.7 Å². The second-order valence-corrected chi connectivity index (χ2v) is 6.73. The number of imide groups is 1. The van der Waals surface area contributed by atoms with Crippen molar-refractivity contribution in [3.63, 3.8) is 0 Å². The van der Waals surface area contributed by atoms with E-state index >= 15 is 0 Å². The Labute approximate surface area is 166 Å². The number of ether oxygens (including phenoxy) is 1. The third kappa shape index (κ3) is 2.84. The van der Waals surface area contributed by atoms with Crippen LogP contribution < -0.4 is 9.91 Å². The van der Waals surface area contributed by atoms with Crippen LogP contribution in [0.1, 0.15) is 6.92 Å². The van der Waals surface area contributed by atoms with Crippen LogP contribution in [0.5, 0.6) is 0 Å². The molecule has 2 aliphatic heterocycles. The van der Waals surface area contributed by atoms with E-state index in [-0.39, 0.29) is 12.3 Å². The number of hydrogen-bond acceptors (Lipinski definition) is 6. The first-order valence-electron chi connectivity index (χ1n) is 8.76. The van der Waals surface area contributed by atoms with Crippen molar-refractivity contribution in [1.82, 2.24) is 0 Å². The number of rotatable bonds is 4. The van der Waals surface area contributed by atoms with Gasteiger partial charge in [0.05, 0.1) is 18.0 Å². The number of fused-ring (bicyclic) bond motifs is 1. The average molecular weight is 398 g/mol. The molecule has 0 unspecified atom stereocenters. The molecule has 4 rings (SSSR count). The fourth-order valence-electron chi connectivity index (χ4n) is 3.43. The largest absolute Gasteiger partial charge is 0.461 e. The molecule has 2 aromatic rings. The first-order valence-corrected chi connectivity index (χ1v) is 9.14. The number of nitrogens with zero attached hydrogens (tertiary/aromatic N) is 3. The van der Waals surface area contributed by atoms with E-state index in [1.54, 1.807) is 55.5 Å². The van der Waals surface area contributed by atoms with Gasteiger partial charge in [0.1, 0.15) is 12.0 Å². The van der Waals surface area contributed by atoms with Crippen molar-refractivity contribution >= 4 is 46.5 Å². The summed E-state index contributed by atoms with van der Waals surface area (Å²) in [6.45, 7) is 1.81. The smallest absolute Gasteiger partial charge is 0.355 e. The van der Waals surface area contributed by atoms with Crippen LogP contribution in [0.4, 0.5) is 11.4 Å². The fourth-order valence-corrected chi connectivity index (χ4v) is 3.55. The number of benzene rings is 2. The highest BCUT2D eigenvalue weighted by molar-refractivity contribution is 6.47. The van der Waals surface area contributed by atoms with Crippen molar-refractivity contribution < 1.29 is 19.1 Å². The van der Waals surface area contributed by atoms with Crippen LogP contribution in [0, 0.1) is 5.92 Å². The number of carbonyl (C=O) groups is 3. The molecule has 2 amide bonds. The lowest BCUT2D eigenvalue weighted by molar-refractivity contribution is -0.136. The maximum absolute atomic E-state index is 13.2. The van der Waals surface area contributed by atoms with Crippen LogP contribution in [0.25, 0.3) is 0 Å². The van der Waals surface area contributed by atoms with Crippen LogP contribution in [-0.2, 0) is 19.1 Å². The minimum Gasteiger partial charge on any atom is -0.461 e. The average Bonchev–Trinajstić information content (AvgIpc) is 3.21. The highest BCUT2D eigenvalue weighted by Crippen LogP contribution is 2.38. The summed E-state index contributed by atoms with van der Waals surface area (Å²) in [4.78, 5) is 39.8. The number of anilines is 2. The quantitative estimate of drug-likeness (QED) is 0.585. The molecule has 0 bridgehead atoms. The summed E-state index contributed by atoms with van der Waals surface area (Å²) in [5, 5.41) is 6.20. The summed E-state index contributed by atoms with van der Waals surface area (Å²) in [6, 6.07) is 14.4. The Morgan fingerprint density at radius 1 is 1.04 bits per heavy atom. The molecule has 0 aromatic heterocycles. The molecule has 8 heteroatoms. The number of hydrogen-bond donors (Lipinski definition) is 0. The molecule has 2 atom stereocenters. The van der Waals surface area contributed by atoms with Crippen molar-refractivity contribution in [3.8, 4) is 0 Å². The lowest BCUT2D eigenvalue weighted by atomic mass is 9.98. The lowest BCUT2D eigenvalue weighted by Gasteiger charge is -2.22. The van der Waals surface area contributed by atoms with Crippen LogP contribution in [-0.4, -0.2) is 36.1 Å². The van der Waals surface area contributed by atoms with Crippen LogP contribution >= 0.6 is 11.6 Å². The highest BCUT2D eigenvalue weighted by atomic mass is 35.5. The monoisotopic (exact) mass is 397 g/mol. The normalized spacial score (nSPS) is 21.0. The molecule has 7 nitrogen and oxygen atoms in total. The lowest BCUT2D eigenvalue weighted by Crippen LogP contribution is -2.39. The van der Waals surface area contributed by atoms with Gasteiger partial charge in [-0.05, 0) is 43.3 Å². The molecule has 0 aliphatic carbocycles. The Balaban J connectivity index is 1.78. The van der Waals surface area contributed by atoms with E-state index in [1.165, 1.54) is 5.01 Å². The first kappa shape index (κ1) is 18.2. The number of esters is 1. The fraction of sp³-hybridized carbons (Fsp3) is 0.200. The Hall–Kier alpha value is -3.19. The third-order valence-electron chi connectivity index (χ3n) is 4.64. The summed E-state index contributed by atoms with van der Waals surface area (Å²) in [5.74, 6) is -2.69. The number of amides is 2. The van der Waals surface area contributed by atoms with Gasteiger partial charge in [-0.3, -0.25) is 14.6 Å². The molecule has 1 saturated heterocycles. The van der Waals surface area contributed by atoms with Gasteiger partial charge < -0.3 is 4.74 Å². The topological polar surface area (TPSA) is 79.3 Å². The third-order valence-corrected chi connectivity index (χ3v) is 4.89. The molecule has 2 aliphatic rings. The van der Waals surface area contributed by atoms with E-state index in [4.69, 9.17) is 16.3 Å². The number of halogens is 1. The summed E-state index contributed by atoms with van der Waals surface area (Å²) >= 11 is 5.91. The van der Waals surface area contributed by atoms with Crippen LogP contribution in [0.15, 0.2) is 59.7 Å². The van der Waals surface area contributed by atoms with E-state index in [0.717, 1.165) is 4.90 Å². The molecule has 0 saturated carbocycles. The molecular formula is C20H16ClN3O4. The van der Waals surface area contributed by atoms with Gasteiger partial charge >= 0.3 is 5.97 Å². The molecule has 28 heavy (non-hydrogen) atoms. The SMILES string of the molecule is CCOC(=O)C1=NN(c2ccccc2)[C@H]2C(=O)N(c3ccc(Cl)cc3)C(=O)[C@@H]12. The van der Waals surface area contributed by atoms with E-state index in [1.807, 2.05) is 6.07 Å². The minimum absolute atomic E-state index is 0.0643. The van der Waals surface area contributed by atoms with Crippen molar-refractivity contribution in [2.24, 2.45) is 11.0 Å². The number of hydrazone groups is 1. The summed E-state index contributed by atoms with van der Waals surface area (Å²) < 4.78 is 5.06. The zero-order chi connectivity index (χ0) is 19.8. The summed E-state index contributed by atoms with van der Waals surface area (Å²) in [5.41, 5.74) is 0.937. The molecule has 0 spiro atoms. The molecule has 2 heterocycles. The first-order chi connectivity index (χ1) is 13.5. The second-order valence-electron chi connectivity index (χ2n) is 6.30. The Kier molecular flexibility index (Phi) is 4.60. The molecule has 0 radical (unpaired) electrons. The Morgan fingerprint density at radius 2 is 1.71 bits per heavy atom. The molecule has 1 fully saturated rings. The summed E-state index contributed by atoms with van der Waals surface area (Å²) in [7, 11) is 0. The van der Waals surface area contributed by atoms with Gasteiger partial charge in [0, 0.05) is 5.02 Å². The van der Waals surface area contributed by atoms with Crippen molar-refractivity contribution in [2.45, 2.75) is 13.0 Å². The van der Waals surface area contributed by atoms with Crippen molar-refractivity contribution in [1.29, 1.82) is 0 Å². The number of para-hydroxylation sites is 1. The van der Waals surface area contributed by atoms with E-state index in [2.05, 4.69) is 5.10 Å². The number of carbonyl (C=O) groups excluding carboxylic acids is 3. The molecule has 142 valence electrons. The van der Waals surface area contributed by atoms with Crippen LogP contribution in [0.2, 0.25) is 5.02 Å². The van der Waals surface area contributed by atoms with Gasteiger partial charge in [-0.2, -0.15) is 5.10 Å². The van der Waals surface area contributed by atoms with Crippen LogP contribution in [0.3, 0.4) is 0 Å². The maximum Gasteiger partial charge on any atom is 0.355 e. The van der Waals surface area contributed by atoms with Gasteiger partial charge in [-0.25, -0.2) is 9.69 Å². The summed E-state index contributed by atoms with van der Waals surface area (Å²) in [6.07, 6.45) is 0. The Morgan fingerprint density at radius 3 is 2.36 bits per heavy atom. The minimum atomic E-state index is -1.03. The van der Waals surface area contributed by atoms with Gasteiger partial charge in [-0.1, -0.05) is 29.8 Å². The van der Waals surface area contributed by atoms with E-state index in [0.29, 0.717) is 16.4 Å². The van der Waals surface area contributed by atoms with E-state index in [9.17, 15) is 14.4 Å². The van der Waals surface area contributed by atoms with Crippen molar-refractivity contribution in [3.05, 3.63) is 59.6 Å². The van der Waals surface area contributed by atoms with Crippen molar-refractivity contribution in [2.75, 3.05) is 16.5 Å². The Bertz CT molecular complexity index is 975. The van der Waals surface area contributed by atoms with Gasteiger partial charge in [0.25, 0.3) is 5.91 Å². The molecule has 2 aromatic carbocycles. The highest BCUT2D eigenvalue weighted by Gasteiger charge is 2.59. The zero-order valence-electron chi connectivity index (χ0n) is 14.9.